The molecule has 0 bridgehead atoms. The molecule has 0 saturated heterocycles. The molecule has 2 heterocycles. The molecule has 1 aliphatic rings. The van der Waals surface area contributed by atoms with Gasteiger partial charge in [-0.05, 0) is 32.8 Å². The summed E-state index contributed by atoms with van der Waals surface area (Å²) in [6, 6.07) is 1.94. The molecule has 7 nitrogen and oxygen atoms in total. The fourth-order valence-corrected chi connectivity index (χ4v) is 3.44. The van der Waals surface area contributed by atoms with Gasteiger partial charge in [0.1, 0.15) is 0 Å². The lowest BCUT2D eigenvalue weighted by Crippen LogP contribution is -2.47. The number of fused-ring (bicyclic) bond motifs is 1. The first kappa shape index (κ1) is 16.4. The summed E-state index contributed by atoms with van der Waals surface area (Å²) < 4.78 is 1.81. The predicted octanol–water partition coefficient (Wildman–Crippen LogP) is 2.53. The van der Waals surface area contributed by atoms with Crippen molar-refractivity contribution in [3.63, 3.8) is 0 Å². The summed E-state index contributed by atoms with van der Waals surface area (Å²) in [5, 5.41) is 17.2. The Labute approximate surface area is 140 Å². The zero-order valence-electron chi connectivity index (χ0n) is 14.0. The molecule has 24 heavy (non-hydrogen) atoms. The molecule has 2 aromatic heterocycles. The Kier molecular flexibility index (Phi) is 4.26. The highest BCUT2D eigenvalue weighted by Gasteiger charge is 2.37. The van der Waals surface area contributed by atoms with Crippen LogP contribution in [-0.4, -0.2) is 37.3 Å². The van der Waals surface area contributed by atoms with Crippen molar-refractivity contribution in [1.29, 1.82) is 0 Å². The lowest BCUT2D eigenvalue weighted by molar-refractivity contribution is -0.138. The second-order valence-electron chi connectivity index (χ2n) is 6.83. The number of nitrogens with zero attached hydrogens (tertiary/aromatic N) is 3. The van der Waals surface area contributed by atoms with E-state index in [1.807, 2.05) is 13.8 Å². The van der Waals surface area contributed by atoms with Crippen LogP contribution in [0.25, 0.3) is 11.0 Å². The van der Waals surface area contributed by atoms with Crippen LogP contribution in [0.15, 0.2) is 18.5 Å². The maximum absolute atomic E-state index is 12.6. The Morgan fingerprint density at radius 1 is 1.33 bits per heavy atom. The monoisotopic (exact) mass is 330 g/mol. The quantitative estimate of drug-likeness (QED) is 0.878. The minimum atomic E-state index is -0.885. The van der Waals surface area contributed by atoms with Crippen LogP contribution in [0.1, 0.15) is 62.4 Å². The molecule has 3 rings (SSSR count). The molecule has 7 heteroatoms. The number of carboxylic acids is 1. The van der Waals surface area contributed by atoms with E-state index in [-0.39, 0.29) is 18.4 Å². The highest BCUT2D eigenvalue weighted by atomic mass is 16.4. The van der Waals surface area contributed by atoms with Gasteiger partial charge >= 0.3 is 5.97 Å². The first-order chi connectivity index (χ1) is 11.4. The van der Waals surface area contributed by atoms with Crippen molar-refractivity contribution >= 4 is 22.9 Å². The van der Waals surface area contributed by atoms with Crippen molar-refractivity contribution in [2.45, 2.75) is 57.5 Å². The van der Waals surface area contributed by atoms with E-state index in [1.54, 1.807) is 16.9 Å². The summed E-state index contributed by atoms with van der Waals surface area (Å²) in [6.45, 7) is 4.04. The van der Waals surface area contributed by atoms with Crippen LogP contribution in [-0.2, 0) is 4.79 Å². The number of hydrogen-bond donors (Lipinski definition) is 2. The summed E-state index contributed by atoms with van der Waals surface area (Å²) in [5.41, 5.74) is 0.533. The zero-order valence-corrected chi connectivity index (χ0v) is 14.0. The lowest BCUT2D eigenvalue weighted by atomic mass is 9.92. The smallest absolute Gasteiger partial charge is 0.305 e. The summed E-state index contributed by atoms with van der Waals surface area (Å²) in [7, 11) is 0. The highest BCUT2D eigenvalue weighted by molar-refractivity contribution is 5.97. The van der Waals surface area contributed by atoms with Gasteiger partial charge in [0.2, 0.25) is 0 Å². The van der Waals surface area contributed by atoms with E-state index >= 15 is 0 Å². The zero-order chi connectivity index (χ0) is 17.3. The maximum atomic E-state index is 12.6. The maximum Gasteiger partial charge on any atom is 0.305 e. The average Bonchev–Trinajstić information content (AvgIpc) is 3.12. The number of nitrogens with one attached hydrogen (secondary N) is 1. The largest absolute Gasteiger partial charge is 0.481 e. The summed E-state index contributed by atoms with van der Waals surface area (Å²) in [5.74, 6) is -1.16. The van der Waals surface area contributed by atoms with Crippen LogP contribution in [0.3, 0.4) is 0 Å². The number of aliphatic carboxylic acids is 1. The highest BCUT2D eigenvalue weighted by Crippen LogP contribution is 2.33. The number of aromatic nitrogens is 3. The molecular weight excluding hydrogens is 308 g/mol. The van der Waals surface area contributed by atoms with Crippen molar-refractivity contribution < 1.29 is 14.7 Å². The minimum Gasteiger partial charge on any atom is -0.481 e. The number of carbonyl (C=O) groups is 2. The van der Waals surface area contributed by atoms with Gasteiger partial charge in [0.25, 0.3) is 5.91 Å². The Balaban J connectivity index is 1.84. The molecule has 2 N–H and O–H groups in total. The normalized spacial score (nSPS) is 16.6. The van der Waals surface area contributed by atoms with Crippen LogP contribution >= 0.6 is 0 Å². The number of pyridine rings is 1. The van der Waals surface area contributed by atoms with E-state index in [0.717, 1.165) is 23.9 Å². The molecule has 0 atom stereocenters. The van der Waals surface area contributed by atoms with Gasteiger partial charge in [-0.25, -0.2) is 9.67 Å². The third-order valence-electron chi connectivity index (χ3n) is 4.61. The van der Waals surface area contributed by atoms with Gasteiger partial charge in [0, 0.05) is 17.6 Å². The van der Waals surface area contributed by atoms with E-state index in [0.29, 0.717) is 18.4 Å². The molecule has 128 valence electrons. The van der Waals surface area contributed by atoms with Gasteiger partial charge in [0.15, 0.2) is 5.65 Å². The van der Waals surface area contributed by atoms with Crippen LogP contribution in [0.4, 0.5) is 0 Å². The van der Waals surface area contributed by atoms with Gasteiger partial charge in [-0.1, -0.05) is 12.8 Å². The van der Waals surface area contributed by atoms with E-state index in [1.165, 1.54) is 6.20 Å². The van der Waals surface area contributed by atoms with Gasteiger partial charge < -0.3 is 10.4 Å². The van der Waals surface area contributed by atoms with Crippen LogP contribution in [0.2, 0.25) is 0 Å². The standard InChI is InChI=1S/C17H22N4O3/c1-11(2)21-15-12(10-19-21)7-13(9-18-15)16(24)20-17(8-14(22)23)5-3-4-6-17/h7,9-11H,3-6,8H2,1-2H3,(H,20,24)(H,22,23). The summed E-state index contributed by atoms with van der Waals surface area (Å²) in [4.78, 5) is 28.1. The van der Waals surface area contributed by atoms with Crippen LogP contribution < -0.4 is 5.32 Å². The Bertz CT molecular complexity index is 775. The SMILES string of the molecule is CC(C)n1ncc2cc(C(=O)NC3(CC(=O)O)CCCC3)cnc21. The molecule has 0 unspecified atom stereocenters. The van der Waals surface area contributed by atoms with Crippen molar-refractivity contribution in [3.05, 3.63) is 24.0 Å². The fraction of sp³-hybridized carbons (Fsp3) is 0.529. The van der Waals surface area contributed by atoms with E-state index < -0.39 is 11.5 Å². The third-order valence-corrected chi connectivity index (χ3v) is 4.61. The number of rotatable bonds is 5. The Morgan fingerprint density at radius 3 is 2.67 bits per heavy atom. The molecule has 1 amide bonds. The van der Waals surface area contributed by atoms with Crippen molar-refractivity contribution in [2.24, 2.45) is 0 Å². The lowest BCUT2D eigenvalue weighted by Gasteiger charge is -2.28. The van der Waals surface area contributed by atoms with E-state index in [4.69, 9.17) is 5.11 Å². The minimum absolute atomic E-state index is 0.0420. The Morgan fingerprint density at radius 2 is 2.04 bits per heavy atom. The average molecular weight is 330 g/mol. The van der Waals surface area contributed by atoms with Crippen molar-refractivity contribution in [2.75, 3.05) is 0 Å². The Hall–Kier alpha value is -2.44. The molecule has 0 spiro atoms. The third kappa shape index (κ3) is 3.11. The first-order valence-corrected chi connectivity index (χ1v) is 8.28. The van der Waals surface area contributed by atoms with Crippen molar-refractivity contribution in [3.8, 4) is 0 Å². The van der Waals surface area contributed by atoms with Gasteiger partial charge in [0.05, 0.1) is 23.7 Å². The second kappa shape index (κ2) is 6.22. The number of carboxylic acid groups (broad SMARTS) is 1. The number of hydrogen-bond acceptors (Lipinski definition) is 4. The van der Waals surface area contributed by atoms with Crippen LogP contribution in [0, 0.1) is 0 Å². The predicted molar refractivity (Wildman–Crippen MR) is 88.8 cm³/mol. The molecule has 2 aromatic rings. The molecule has 1 saturated carbocycles. The summed E-state index contributed by atoms with van der Waals surface area (Å²) in [6.07, 6.45) is 6.46. The topological polar surface area (TPSA) is 97.1 Å². The molecule has 1 fully saturated rings. The molecular formula is C17H22N4O3. The van der Waals surface area contributed by atoms with Gasteiger partial charge in [-0.15, -0.1) is 0 Å². The molecule has 1 aliphatic carbocycles. The first-order valence-electron chi connectivity index (χ1n) is 8.28. The molecule has 0 aliphatic heterocycles. The van der Waals surface area contributed by atoms with E-state index in [2.05, 4.69) is 15.4 Å². The fourth-order valence-electron chi connectivity index (χ4n) is 3.44. The molecule has 0 aromatic carbocycles. The summed E-state index contributed by atoms with van der Waals surface area (Å²) >= 11 is 0. The number of amides is 1. The second-order valence-corrected chi connectivity index (χ2v) is 6.83. The van der Waals surface area contributed by atoms with Crippen molar-refractivity contribution in [1.82, 2.24) is 20.1 Å². The van der Waals surface area contributed by atoms with E-state index in [9.17, 15) is 9.59 Å². The van der Waals surface area contributed by atoms with Crippen LogP contribution in [0.5, 0.6) is 0 Å². The van der Waals surface area contributed by atoms with Gasteiger partial charge in [-0.2, -0.15) is 5.10 Å². The number of carbonyl (C=O) groups excluding carboxylic acids is 1. The van der Waals surface area contributed by atoms with Gasteiger partial charge in [-0.3, -0.25) is 9.59 Å². The molecule has 0 radical (unpaired) electrons.